The van der Waals surface area contributed by atoms with Gasteiger partial charge in [0.15, 0.2) is 0 Å². The van der Waals surface area contributed by atoms with Crippen LogP contribution in [0.25, 0.3) is 16.5 Å². The van der Waals surface area contributed by atoms with Crippen molar-refractivity contribution in [1.82, 2.24) is 4.57 Å². The number of aromatic nitrogens is 1. The van der Waals surface area contributed by atoms with Crippen molar-refractivity contribution in [2.24, 2.45) is 16.5 Å². The Kier molecular flexibility index (Phi) is 7.06. The molecule has 182 valence electrons. The summed E-state index contributed by atoms with van der Waals surface area (Å²) >= 11 is 0. The SMILES string of the molecule is CC(C)(C)OC(=O)n1c(C2=CCC(=NC3C=CC(C(N)CN)=CC3)CC2)cc2ccc(C#N)cc21. The molecule has 35 heavy (non-hydrogen) atoms. The van der Waals surface area contributed by atoms with Gasteiger partial charge in [-0.15, -0.1) is 0 Å². The Morgan fingerprint density at radius 3 is 2.69 bits per heavy atom. The highest BCUT2D eigenvalue weighted by Crippen LogP contribution is 2.32. The monoisotopic (exact) mass is 471 g/mol. The standard InChI is InChI=1S/C28H33N5O2/c1-28(2,3)35-27(34)33-25-14-18(16-29)4-5-21(25)15-26(33)20-8-12-23(13-9-20)32-22-10-6-19(7-11-22)24(31)17-30/h4-8,10,14-15,22,24H,9,11-13,17,30-31H2,1-3H3. The van der Waals surface area contributed by atoms with Crippen LogP contribution in [0.15, 0.2) is 59.1 Å². The first-order valence-electron chi connectivity index (χ1n) is 12.1. The van der Waals surface area contributed by atoms with Crippen molar-refractivity contribution in [3.8, 4) is 6.07 Å². The van der Waals surface area contributed by atoms with E-state index in [0.717, 1.165) is 53.6 Å². The largest absolute Gasteiger partial charge is 0.443 e. The number of rotatable bonds is 4. The van der Waals surface area contributed by atoms with Gasteiger partial charge in [-0.2, -0.15) is 5.26 Å². The van der Waals surface area contributed by atoms with E-state index >= 15 is 0 Å². The molecule has 2 aliphatic carbocycles. The minimum absolute atomic E-state index is 0.117. The van der Waals surface area contributed by atoms with Gasteiger partial charge in [-0.25, -0.2) is 9.36 Å². The Morgan fingerprint density at radius 1 is 1.29 bits per heavy atom. The molecule has 0 amide bonds. The molecule has 2 aliphatic rings. The summed E-state index contributed by atoms with van der Waals surface area (Å²) in [4.78, 5) is 18.1. The van der Waals surface area contributed by atoms with Crippen LogP contribution in [0.5, 0.6) is 0 Å². The Labute approximate surface area is 206 Å². The predicted molar refractivity (Wildman–Crippen MR) is 140 cm³/mol. The average molecular weight is 472 g/mol. The van der Waals surface area contributed by atoms with Gasteiger partial charge in [0.05, 0.1) is 28.9 Å². The topological polar surface area (TPSA) is 119 Å². The smallest absolute Gasteiger partial charge is 0.419 e. The molecular weight excluding hydrogens is 438 g/mol. The molecule has 0 radical (unpaired) electrons. The maximum absolute atomic E-state index is 13.2. The van der Waals surface area contributed by atoms with E-state index in [1.807, 2.05) is 39.0 Å². The van der Waals surface area contributed by atoms with Crippen LogP contribution in [0.1, 0.15) is 57.7 Å². The lowest BCUT2D eigenvalue weighted by atomic mass is 9.94. The van der Waals surface area contributed by atoms with E-state index in [1.54, 1.807) is 16.7 Å². The summed E-state index contributed by atoms with van der Waals surface area (Å²) in [5, 5.41) is 10.3. The van der Waals surface area contributed by atoms with Gasteiger partial charge in [0.2, 0.25) is 0 Å². The number of hydrogen-bond donors (Lipinski definition) is 2. The zero-order valence-electron chi connectivity index (χ0n) is 20.6. The molecule has 2 aromatic rings. The molecule has 4 N–H and O–H groups in total. The van der Waals surface area contributed by atoms with Crippen molar-refractivity contribution in [2.45, 2.75) is 64.1 Å². The van der Waals surface area contributed by atoms with Gasteiger partial charge in [-0.3, -0.25) is 4.99 Å². The van der Waals surface area contributed by atoms with Crippen LogP contribution < -0.4 is 11.5 Å². The first-order chi connectivity index (χ1) is 16.7. The number of fused-ring (bicyclic) bond motifs is 1. The normalized spacial score (nSPS) is 20.3. The van der Waals surface area contributed by atoms with E-state index in [4.69, 9.17) is 21.2 Å². The lowest BCUT2D eigenvalue weighted by Gasteiger charge is -2.23. The lowest BCUT2D eigenvalue weighted by Crippen LogP contribution is -2.31. The quantitative estimate of drug-likeness (QED) is 0.661. The van der Waals surface area contributed by atoms with E-state index in [2.05, 4.69) is 24.3 Å². The van der Waals surface area contributed by atoms with Crippen molar-refractivity contribution in [2.75, 3.05) is 6.54 Å². The fourth-order valence-corrected chi connectivity index (χ4v) is 4.45. The number of nitriles is 1. The molecule has 0 bridgehead atoms. The Hall–Kier alpha value is -3.47. The molecule has 7 nitrogen and oxygen atoms in total. The molecule has 1 aromatic heterocycles. The number of benzene rings is 1. The number of allylic oxidation sites excluding steroid dienone is 2. The summed E-state index contributed by atoms with van der Waals surface area (Å²) in [7, 11) is 0. The number of hydrogen-bond acceptors (Lipinski definition) is 6. The second-order valence-electron chi connectivity index (χ2n) is 10.1. The Bertz CT molecular complexity index is 1300. The van der Waals surface area contributed by atoms with Gasteiger partial charge in [-0.05, 0) is 69.4 Å². The molecule has 0 spiro atoms. The van der Waals surface area contributed by atoms with Gasteiger partial charge in [0, 0.05) is 30.1 Å². The molecule has 0 fully saturated rings. The molecule has 0 saturated carbocycles. The first kappa shape index (κ1) is 24.6. The van der Waals surface area contributed by atoms with E-state index in [0.29, 0.717) is 17.6 Å². The zero-order valence-corrected chi connectivity index (χ0v) is 20.6. The van der Waals surface area contributed by atoms with E-state index in [1.165, 1.54) is 0 Å². The number of aliphatic imine (C=N–C) groups is 1. The Morgan fingerprint density at radius 2 is 2.09 bits per heavy atom. The molecule has 4 rings (SSSR count). The number of carbonyl (C=O) groups is 1. The summed E-state index contributed by atoms with van der Waals surface area (Å²) in [6.45, 7) is 5.98. The summed E-state index contributed by atoms with van der Waals surface area (Å²) in [6.07, 6.45) is 11.1. The fraction of sp³-hybridized carbons (Fsp3) is 0.393. The van der Waals surface area contributed by atoms with Crippen molar-refractivity contribution in [3.05, 3.63) is 65.4 Å². The third-order valence-electron chi connectivity index (χ3n) is 6.24. The molecule has 0 saturated heterocycles. The number of carbonyl (C=O) groups excluding carboxylic acids is 1. The van der Waals surface area contributed by atoms with Crippen molar-refractivity contribution < 1.29 is 9.53 Å². The van der Waals surface area contributed by atoms with E-state index in [-0.39, 0.29) is 12.1 Å². The Balaban J connectivity index is 1.60. The molecule has 1 aromatic carbocycles. The van der Waals surface area contributed by atoms with Gasteiger partial charge in [0.1, 0.15) is 5.60 Å². The maximum Gasteiger partial charge on any atom is 0.419 e. The third-order valence-corrected chi connectivity index (χ3v) is 6.24. The van der Waals surface area contributed by atoms with Gasteiger partial charge in [-0.1, -0.05) is 30.4 Å². The second-order valence-corrected chi connectivity index (χ2v) is 10.1. The average Bonchev–Trinajstić information content (AvgIpc) is 3.22. The van der Waals surface area contributed by atoms with Crippen LogP contribution in [0.4, 0.5) is 4.79 Å². The second kappa shape index (κ2) is 10.0. The summed E-state index contributed by atoms with van der Waals surface area (Å²) < 4.78 is 7.31. The summed E-state index contributed by atoms with van der Waals surface area (Å²) in [5.74, 6) is 0. The minimum Gasteiger partial charge on any atom is -0.443 e. The third kappa shape index (κ3) is 5.61. The van der Waals surface area contributed by atoms with Crippen molar-refractivity contribution >= 4 is 28.3 Å². The highest BCUT2D eigenvalue weighted by atomic mass is 16.6. The summed E-state index contributed by atoms with van der Waals surface area (Å²) in [5.41, 5.74) is 16.4. The molecule has 2 unspecified atom stereocenters. The maximum atomic E-state index is 13.2. The minimum atomic E-state index is -0.631. The predicted octanol–water partition coefficient (Wildman–Crippen LogP) is 4.85. The van der Waals surface area contributed by atoms with Crippen LogP contribution in [0.3, 0.4) is 0 Å². The summed E-state index contributed by atoms with van der Waals surface area (Å²) in [6, 6.07) is 9.55. The van der Waals surface area contributed by atoms with Crippen LogP contribution in [-0.2, 0) is 4.74 Å². The highest BCUT2D eigenvalue weighted by Gasteiger charge is 2.25. The van der Waals surface area contributed by atoms with Crippen molar-refractivity contribution in [1.29, 1.82) is 5.26 Å². The lowest BCUT2D eigenvalue weighted by molar-refractivity contribution is 0.0543. The number of ether oxygens (including phenoxy) is 1. The number of nitrogens with two attached hydrogens (primary N) is 2. The van der Waals surface area contributed by atoms with Crippen molar-refractivity contribution in [3.63, 3.8) is 0 Å². The van der Waals surface area contributed by atoms with Crippen LogP contribution in [0.2, 0.25) is 0 Å². The molecule has 7 heteroatoms. The van der Waals surface area contributed by atoms with Crippen LogP contribution in [0, 0.1) is 11.3 Å². The van der Waals surface area contributed by atoms with E-state index < -0.39 is 11.7 Å². The molecular formula is C28H33N5O2. The van der Waals surface area contributed by atoms with Crippen LogP contribution in [-0.4, -0.2) is 40.6 Å². The molecule has 1 heterocycles. The van der Waals surface area contributed by atoms with Crippen LogP contribution >= 0.6 is 0 Å². The number of nitrogens with zero attached hydrogens (tertiary/aromatic N) is 3. The first-order valence-corrected chi connectivity index (χ1v) is 12.1. The van der Waals surface area contributed by atoms with Gasteiger partial charge < -0.3 is 16.2 Å². The molecule has 2 atom stereocenters. The van der Waals surface area contributed by atoms with Gasteiger partial charge >= 0.3 is 6.09 Å². The molecule has 0 aliphatic heterocycles. The van der Waals surface area contributed by atoms with E-state index in [9.17, 15) is 10.1 Å². The fourth-order valence-electron chi connectivity index (χ4n) is 4.45. The highest BCUT2D eigenvalue weighted by molar-refractivity contribution is 5.97. The zero-order chi connectivity index (χ0) is 25.2. The van der Waals surface area contributed by atoms with Gasteiger partial charge in [0.25, 0.3) is 0 Å².